The van der Waals surface area contributed by atoms with Crippen molar-refractivity contribution in [3.8, 4) is 5.75 Å². The number of hydrogen-bond acceptors (Lipinski definition) is 3. The molecule has 4 nitrogen and oxygen atoms in total. The third-order valence-electron chi connectivity index (χ3n) is 5.48. The van der Waals surface area contributed by atoms with Crippen molar-refractivity contribution in [1.82, 2.24) is 0 Å². The number of Topliss-reactive ketones (excluding diaryl/α,β-unsaturated/α-hetero) is 1. The second-order valence-electron chi connectivity index (χ2n) is 7.44. The third kappa shape index (κ3) is 4.29. The fourth-order valence-corrected chi connectivity index (χ4v) is 4.51. The molecule has 1 N–H and O–H groups in total. The second-order valence-corrected chi connectivity index (χ2v) is 8.20. The standard InChI is InChI=1S/C23H24Cl2O4/c1-2-3-11-23(16-8-5-4-6-9-16)14-15-13-17(29-12-7-10-18(26)27)20(24)21(25)19(15)22(23)28/h4-6,8-9,13H,2-3,7,10-12,14H2,1H3,(H,26,27)/t23-/m0/s1. The van der Waals surface area contributed by atoms with Gasteiger partial charge in [0.05, 0.1) is 17.0 Å². The van der Waals surface area contributed by atoms with Gasteiger partial charge >= 0.3 is 5.97 Å². The van der Waals surface area contributed by atoms with Crippen molar-refractivity contribution in [2.75, 3.05) is 6.61 Å². The van der Waals surface area contributed by atoms with Crippen LogP contribution in [0.25, 0.3) is 0 Å². The van der Waals surface area contributed by atoms with E-state index in [4.69, 9.17) is 33.0 Å². The highest BCUT2D eigenvalue weighted by atomic mass is 35.5. The SMILES string of the molecule is CCCC[C@@]1(c2ccccc2)Cc2cc(OCCCC(=O)O)c(Cl)c(Cl)c2C1=O. The van der Waals surface area contributed by atoms with E-state index in [0.29, 0.717) is 24.2 Å². The van der Waals surface area contributed by atoms with Crippen molar-refractivity contribution >= 4 is 35.0 Å². The summed E-state index contributed by atoms with van der Waals surface area (Å²) >= 11 is 12.9. The molecule has 0 radical (unpaired) electrons. The number of fused-ring (bicyclic) bond motifs is 1. The molecule has 2 aromatic rings. The van der Waals surface area contributed by atoms with Gasteiger partial charge in [-0.2, -0.15) is 0 Å². The molecule has 1 atom stereocenters. The van der Waals surface area contributed by atoms with Crippen molar-refractivity contribution < 1.29 is 19.4 Å². The Bertz CT molecular complexity index is 911. The van der Waals surface area contributed by atoms with Gasteiger partial charge in [0.25, 0.3) is 0 Å². The largest absolute Gasteiger partial charge is 0.492 e. The van der Waals surface area contributed by atoms with Crippen LogP contribution in [0.1, 0.15) is 60.5 Å². The van der Waals surface area contributed by atoms with Crippen LogP contribution in [0.4, 0.5) is 0 Å². The lowest BCUT2D eigenvalue weighted by Crippen LogP contribution is -2.33. The molecule has 0 aliphatic heterocycles. The Morgan fingerprint density at radius 1 is 1.17 bits per heavy atom. The van der Waals surface area contributed by atoms with Gasteiger partial charge in [-0.1, -0.05) is 73.3 Å². The Morgan fingerprint density at radius 2 is 1.90 bits per heavy atom. The molecule has 2 aromatic carbocycles. The van der Waals surface area contributed by atoms with E-state index < -0.39 is 11.4 Å². The number of aliphatic carboxylic acids is 1. The summed E-state index contributed by atoms with van der Waals surface area (Å²) in [7, 11) is 0. The Labute approximate surface area is 180 Å². The average molecular weight is 435 g/mol. The van der Waals surface area contributed by atoms with Gasteiger partial charge in [0.15, 0.2) is 5.78 Å². The summed E-state index contributed by atoms with van der Waals surface area (Å²) in [5.41, 5.74) is 1.66. The minimum Gasteiger partial charge on any atom is -0.492 e. The zero-order valence-corrected chi connectivity index (χ0v) is 17.9. The molecular formula is C23H24Cl2O4. The van der Waals surface area contributed by atoms with Crippen LogP contribution in [0, 0.1) is 0 Å². The van der Waals surface area contributed by atoms with Crippen LogP contribution in [0.2, 0.25) is 10.0 Å². The Hall–Kier alpha value is -2.04. The Balaban J connectivity index is 1.95. The van der Waals surface area contributed by atoms with E-state index in [1.165, 1.54) is 0 Å². The van der Waals surface area contributed by atoms with Gasteiger partial charge < -0.3 is 9.84 Å². The topological polar surface area (TPSA) is 63.6 Å². The summed E-state index contributed by atoms with van der Waals surface area (Å²) in [6.45, 7) is 2.33. The number of carbonyl (C=O) groups is 2. The molecular weight excluding hydrogens is 411 g/mol. The number of unbranched alkanes of at least 4 members (excludes halogenated alkanes) is 1. The van der Waals surface area contributed by atoms with Crippen molar-refractivity contribution in [3.63, 3.8) is 0 Å². The van der Waals surface area contributed by atoms with Crippen molar-refractivity contribution in [2.45, 2.75) is 50.9 Å². The number of ketones is 1. The summed E-state index contributed by atoms with van der Waals surface area (Å²) in [4.78, 5) is 24.3. The number of halogens is 2. The highest BCUT2D eigenvalue weighted by molar-refractivity contribution is 6.45. The average Bonchev–Trinajstić information content (AvgIpc) is 3.00. The maximum atomic E-state index is 13.6. The molecule has 0 aromatic heterocycles. The summed E-state index contributed by atoms with van der Waals surface area (Å²) in [5.74, 6) is -0.467. The molecule has 0 heterocycles. The maximum absolute atomic E-state index is 13.6. The molecule has 0 saturated heterocycles. The number of ether oxygens (including phenoxy) is 1. The Kier molecular flexibility index (Phi) is 6.86. The third-order valence-corrected chi connectivity index (χ3v) is 6.33. The van der Waals surface area contributed by atoms with E-state index in [1.807, 2.05) is 30.3 Å². The van der Waals surface area contributed by atoms with Gasteiger partial charge in [0.2, 0.25) is 0 Å². The normalized spacial score (nSPS) is 18.0. The molecule has 154 valence electrons. The first-order valence-corrected chi connectivity index (χ1v) is 10.6. The molecule has 0 amide bonds. The summed E-state index contributed by atoms with van der Waals surface area (Å²) in [6.07, 6.45) is 3.59. The lowest BCUT2D eigenvalue weighted by molar-refractivity contribution is -0.137. The lowest BCUT2D eigenvalue weighted by atomic mass is 9.73. The van der Waals surface area contributed by atoms with Crippen LogP contribution < -0.4 is 4.74 Å². The number of carboxylic acids is 1. The molecule has 1 aliphatic rings. The molecule has 0 unspecified atom stereocenters. The van der Waals surface area contributed by atoms with Crippen molar-refractivity contribution in [1.29, 1.82) is 0 Å². The van der Waals surface area contributed by atoms with E-state index >= 15 is 0 Å². The quantitative estimate of drug-likeness (QED) is 0.483. The van der Waals surface area contributed by atoms with Gasteiger partial charge in [-0.15, -0.1) is 0 Å². The highest BCUT2D eigenvalue weighted by Gasteiger charge is 2.48. The number of hydrogen-bond donors (Lipinski definition) is 1. The zero-order chi connectivity index (χ0) is 21.0. The first-order valence-electron chi connectivity index (χ1n) is 9.86. The molecule has 1 aliphatic carbocycles. The van der Waals surface area contributed by atoms with Gasteiger partial charge in [-0.3, -0.25) is 9.59 Å². The van der Waals surface area contributed by atoms with E-state index in [0.717, 1.165) is 30.4 Å². The number of benzene rings is 2. The first-order chi connectivity index (χ1) is 13.9. The monoisotopic (exact) mass is 434 g/mol. The fourth-order valence-electron chi connectivity index (χ4n) is 4.01. The number of carboxylic acid groups (broad SMARTS) is 1. The molecule has 6 heteroatoms. The number of rotatable bonds is 9. The lowest BCUT2D eigenvalue weighted by Gasteiger charge is -2.28. The molecule has 0 bridgehead atoms. The van der Waals surface area contributed by atoms with Gasteiger partial charge in [-0.25, -0.2) is 0 Å². The maximum Gasteiger partial charge on any atom is 0.303 e. The first kappa shape index (κ1) is 21.7. The predicted molar refractivity (Wildman–Crippen MR) is 115 cm³/mol. The van der Waals surface area contributed by atoms with E-state index in [1.54, 1.807) is 6.07 Å². The van der Waals surface area contributed by atoms with Crippen LogP contribution in [-0.2, 0) is 16.6 Å². The molecule has 29 heavy (non-hydrogen) atoms. The minimum absolute atomic E-state index is 0.0106. The second kappa shape index (κ2) is 9.19. The summed E-state index contributed by atoms with van der Waals surface area (Å²) in [6, 6.07) is 11.6. The van der Waals surface area contributed by atoms with Crippen LogP contribution in [0.15, 0.2) is 36.4 Å². The highest BCUT2D eigenvalue weighted by Crippen LogP contribution is 2.49. The van der Waals surface area contributed by atoms with E-state index in [2.05, 4.69) is 6.92 Å². The van der Waals surface area contributed by atoms with Crippen LogP contribution >= 0.6 is 23.2 Å². The van der Waals surface area contributed by atoms with Crippen LogP contribution in [0.5, 0.6) is 5.75 Å². The zero-order valence-electron chi connectivity index (χ0n) is 16.3. The van der Waals surface area contributed by atoms with Gasteiger partial charge in [0.1, 0.15) is 10.8 Å². The van der Waals surface area contributed by atoms with Crippen LogP contribution in [0.3, 0.4) is 0 Å². The smallest absolute Gasteiger partial charge is 0.303 e. The van der Waals surface area contributed by atoms with Crippen molar-refractivity contribution in [2.24, 2.45) is 0 Å². The molecule has 3 rings (SSSR count). The van der Waals surface area contributed by atoms with E-state index in [-0.39, 0.29) is 28.9 Å². The summed E-state index contributed by atoms with van der Waals surface area (Å²) in [5, 5.41) is 9.18. The Morgan fingerprint density at radius 3 is 2.55 bits per heavy atom. The minimum atomic E-state index is -0.874. The molecule has 0 saturated carbocycles. The molecule has 0 spiro atoms. The molecule has 0 fully saturated rings. The van der Waals surface area contributed by atoms with Crippen LogP contribution in [-0.4, -0.2) is 23.5 Å². The van der Waals surface area contributed by atoms with Gasteiger partial charge in [0, 0.05) is 12.0 Å². The number of carbonyl (C=O) groups excluding carboxylic acids is 1. The van der Waals surface area contributed by atoms with Gasteiger partial charge in [-0.05, 0) is 36.5 Å². The van der Waals surface area contributed by atoms with Crippen molar-refractivity contribution in [3.05, 3.63) is 63.1 Å². The van der Waals surface area contributed by atoms with E-state index in [9.17, 15) is 9.59 Å². The predicted octanol–water partition coefficient (Wildman–Crippen LogP) is 6.10. The summed E-state index contributed by atoms with van der Waals surface area (Å²) < 4.78 is 5.69. The fraction of sp³-hybridized carbons (Fsp3) is 0.391.